The Hall–Kier alpha value is -0.730. The van der Waals surface area contributed by atoms with Gasteiger partial charge in [0.05, 0.1) is 6.10 Å². The van der Waals surface area contributed by atoms with Crippen LogP contribution in [0.2, 0.25) is 0 Å². The van der Waals surface area contributed by atoms with E-state index >= 15 is 0 Å². The minimum Gasteiger partial charge on any atom is -0.388 e. The predicted molar refractivity (Wildman–Crippen MR) is 85.8 cm³/mol. The molecule has 1 nitrogen and oxygen atoms in total. The molecule has 0 radical (unpaired) electrons. The number of aliphatic hydroxyl groups is 1. The summed E-state index contributed by atoms with van der Waals surface area (Å²) in [6, 6.07) is 8.44. The first-order valence-corrected chi connectivity index (χ1v) is 8.25. The molecule has 0 bridgehead atoms. The average Bonchev–Trinajstić information content (AvgIpc) is 2.42. The standard InChI is InChI=1S/C17H26OS/c1-3-4-5-6-7-8-9-16(18)14-19-17-12-10-15(2)11-13-17/h8-13,16,18H,3-7,14H2,1-2H3/b9-8+/t16-/m0/s1. The Balaban J connectivity index is 2.15. The molecule has 0 saturated heterocycles. The molecule has 0 unspecified atom stereocenters. The van der Waals surface area contributed by atoms with Crippen LogP contribution in [0.3, 0.4) is 0 Å². The quantitative estimate of drug-likeness (QED) is 0.391. The predicted octanol–water partition coefficient (Wildman–Crippen LogP) is 4.97. The van der Waals surface area contributed by atoms with Crippen molar-refractivity contribution in [2.45, 2.75) is 57.0 Å². The molecule has 2 heteroatoms. The third-order valence-corrected chi connectivity index (χ3v) is 4.14. The summed E-state index contributed by atoms with van der Waals surface area (Å²) in [5.74, 6) is 0.731. The Kier molecular flexibility index (Phi) is 8.68. The van der Waals surface area contributed by atoms with E-state index in [-0.39, 0.29) is 6.10 Å². The van der Waals surface area contributed by atoms with Gasteiger partial charge in [-0.25, -0.2) is 0 Å². The van der Waals surface area contributed by atoms with E-state index in [1.807, 2.05) is 6.08 Å². The summed E-state index contributed by atoms with van der Waals surface area (Å²) in [5, 5.41) is 9.86. The summed E-state index contributed by atoms with van der Waals surface area (Å²) in [5.41, 5.74) is 1.27. The maximum atomic E-state index is 9.86. The van der Waals surface area contributed by atoms with E-state index in [0.29, 0.717) is 0 Å². The molecule has 1 N–H and O–H groups in total. The molecular formula is C17H26OS. The fourth-order valence-corrected chi connectivity index (χ4v) is 2.62. The van der Waals surface area contributed by atoms with Crippen molar-refractivity contribution in [3.8, 4) is 0 Å². The maximum absolute atomic E-state index is 9.86. The summed E-state index contributed by atoms with van der Waals surface area (Å²) in [4.78, 5) is 1.22. The van der Waals surface area contributed by atoms with Gasteiger partial charge in [0.15, 0.2) is 0 Å². The van der Waals surface area contributed by atoms with Gasteiger partial charge >= 0.3 is 0 Å². The average molecular weight is 278 g/mol. The van der Waals surface area contributed by atoms with Gasteiger partial charge in [0.25, 0.3) is 0 Å². The van der Waals surface area contributed by atoms with Crippen molar-refractivity contribution in [3.05, 3.63) is 42.0 Å². The first-order chi connectivity index (χ1) is 9.22. The maximum Gasteiger partial charge on any atom is 0.0814 e. The van der Waals surface area contributed by atoms with E-state index < -0.39 is 0 Å². The van der Waals surface area contributed by atoms with Crippen molar-refractivity contribution >= 4 is 11.8 Å². The van der Waals surface area contributed by atoms with Gasteiger partial charge in [-0.3, -0.25) is 0 Å². The molecule has 0 saturated carbocycles. The summed E-state index contributed by atoms with van der Waals surface area (Å²) in [7, 11) is 0. The van der Waals surface area contributed by atoms with Crippen LogP contribution in [0.25, 0.3) is 0 Å². The lowest BCUT2D eigenvalue weighted by Gasteiger charge is -2.05. The van der Waals surface area contributed by atoms with Crippen molar-refractivity contribution in [1.82, 2.24) is 0 Å². The van der Waals surface area contributed by atoms with Crippen LogP contribution in [0.15, 0.2) is 41.3 Å². The van der Waals surface area contributed by atoms with Crippen molar-refractivity contribution in [2.75, 3.05) is 5.75 Å². The zero-order valence-electron chi connectivity index (χ0n) is 12.1. The third-order valence-electron chi connectivity index (χ3n) is 3.02. The first-order valence-electron chi connectivity index (χ1n) is 7.26. The second-order valence-electron chi connectivity index (χ2n) is 4.97. The van der Waals surface area contributed by atoms with Crippen LogP contribution < -0.4 is 0 Å². The summed E-state index contributed by atoms with van der Waals surface area (Å²) in [6.07, 6.45) is 9.95. The van der Waals surface area contributed by atoms with E-state index in [4.69, 9.17) is 0 Å². The van der Waals surface area contributed by atoms with E-state index in [9.17, 15) is 5.11 Å². The molecule has 1 atom stereocenters. The topological polar surface area (TPSA) is 20.2 Å². The van der Waals surface area contributed by atoms with Gasteiger partial charge in [-0.2, -0.15) is 0 Å². The monoisotopic (exact) mass is 278 g/mol. The normalized spacial score (nSPS) is 13.0. The molecule has 19 heavy (non-hydrogen) atoms. The molecule has 106 valence electrons. The Bertz CT molecular complexity index is 356. The molecule has 0 fully saturated rings. The number of benzene rings is 1. The van der Waals surface area contributed by atoms with Gasteiger partial charge in [-0.05, 0) is 31.9 Å². The molecule has 0 heterocycles. The second kappa shape index (κ2) is 10.1. The molecule has 0 aliphatic heterocycles. The molecule has 0 aliphatic carbocycles. The van der Waals surface area contributed by atoms with Crippen LogP contribution in [0.1, 0.15) is 44.6 Å². The van der Waals surface area contributed by atoms with E-state index in [2.05, 4.69) is 44.2 Å². The SMILES string of the molecule is CCCCCC/C=C/[C@H](O)CSc1ccc(C)cc1. The lowest BCUT2D eigenvalue weighted by Crippen LogP contribution is -2.05. The van der Waals surface area contributed by atoms with Gasteiger partial charge in [-0.15, -0.1) is 11.8 Å². The molecule has 1 rings (SSSR count). The van der Waals surface area contributed by atoms with Gasteiger partial charge in [0, 0.05) is 10.6 Å². The number of hydrogen-bond donors (Lipinski definition) is 1. The highest BCUT2D eigenvalue weighted by molar-refractivity contribution is 7.99. The molecule has 0 aromatic heterocycles. The fourth-order valence-electron chi connectivity index (χ4n) is 1.81. The van der Waals surface area contributed by atoms with E-state index in [1.165, 1.54) is 36.1 Å². The van der Waals surface area contributed by atoms with Crippen molar-refractivity contribution < 1.29 is 5.11 Å². The summed E-state index contributed by atoms with van der Waals surface area (Å²) >= 11 is 1.71. The highest BCUT2D eigenvalue weighted by Crippen LogP contribution is 2.19. The zero-order chi connectivity index (χ0) is 13.9. The van der Waals surface area contributed by atoms with Gasteiger partial charge in [0.2, 0.25) is 0 Å². The molecule has 0 spiro atoms. The molecule has 0 amide bonds. The van der Waals surface area contributed by atoms with Crippen LogP contribution in [-0.2, 0) is 0 Å². The Morgan fingerprint density at radius 2 is 1.89 bits per heavy atom. The molecular weight excluding hydrogens is 252 g/mol. The number of thioether (sulfide) groups is 1. The number of rotatable bonds is 9. The largest absolute Gasteiger partial charge is 0.388 e. The molecule has 0 aliphatic rings. The van der Waals surface area contributed by atoms with Crippen molar-refractivity contribution in [1.29, 1.82) is 0 Å². The highest BCUT2D eigenvalue weighted by Gasteiger charge is 2.00. The highest BCUT2D eigenvalue weighted by atomic mass is 32.2. The van der Waals surface area contributed by atoms with Crippen molar-refractivity contribution in [3.63, 3.8) is 0 Å². The van der Waals surface area contributed by atoms with Crippen LogP contribution >= 0.6 is 11.8 Å². The lowest BCUT2D eigenvalue weighted by molar-refractivity contribution is 0.248. The Labute approximate surface area is 122 Å². The van der Waals surface area contributed by atoms with Gasteiger partial charge in [-0.1, -0.05) is 56.0 Å². The summed E-state index contributed by atoms with van der Waals surface area (Å²) < 4.78 is 0. The van der Waals surface area contributed by atoms with Crippen molar-refractivity contribution in [2.24, 2.45) is 0 Å². The summed E-state index contributed by atoms with van der Waals surface area (Å²) in [6.45, 7) is 4.31. The number of aliphatic hydroxyl groups excluding tert-OH is 1. The fraction of sp³-hybridized carbons (Fsp3) is 0.529. The minimum atomic E-state index is -0.336. The number of allylic oxidation sites excluding steroid dienone is 1. The number of aryl methyl sites for hydroxylation is 1. The Morgan fingerprint density at radius 1 is 1.16 bits per heavy atom. The molecule has 1 aromatic carbocycles. The van der Waals surface area contributed by atoms with E-state index in [1.54, 1.807) is 11.8 Å². The van der Waals surface area contributed by atoms with Gasteiger partial charge in [0.1, 0.15) is 0 Å². The number of unbranched alkanes of at least 4 members (excludes halogenated alkanes) is 4. The lowest BCUT2D eigenvalue weighted by atomic mass is 10.1. The minimum absolute atomic E-state index is 0.336. The first kappa shape index (κ1) is 16.3. The number of hydrogen-bond acceptors (Lipinski definition) is 2. The van der Waals surface area contributed by atoms with Crippen LogP contribution in [0.4, 0.5) is 0 Å². The Morgan fingerprint density at radius 3 is 2.58 bits per heavy atom. The second-order valence-corrected chi connectivity index (χ2v) is 6.06. The smallest absolute Gasteiger partial charge is 0.0814 e. The van der Waals surface area contributed by atoms with Crippen LogP contribution in [0.5, 0.6) is 0 Å². The zero-order valence-corrected chi connectivity index (χ0v) is 13.0. The van der Waals surface area contributed by atoms with E-state index in [0.717, 1.165) is 12.2 Å². The van der Waals surface area contributed by atoms with Gasteiger partial charge < -0.3 is 5.11 Å². The van der Waals surface area contributed by atoms with Crippen LogP contribution in [0, 0.1) is 6.92 Å². The third kappa shape index (κ3) is 8.12. The molecule has 1 aromatic rings. The van der Waals surface area contributed by atoms with Crippen LogP contribution in [-0.4, -0.2) is 17.0 Å².